The summed E-state index contributed by atoms with van der Waals surface area (Å²) in [6.07, 6.45) is 0. The lowest BCUT2D eigenvalue weighted by Gasteiger charge is -2.08. The SMILES string of the molecule is COc1cccc(CSc2cccc(N)c2C)n1. The van der Waals surface area contributed by atoms with Gasteiger partial charge in [-0.3, -0.25) is 0 Å². The van der Waals surface area contributed by atoms with E-state index in [1.165, 1.54) is 4.90 Å². The van der Waals surface area contributed by atoms with E-state index in [4.69, 9.17) is 10.5 Å². The minimum Gasteiger partial charge on any atom is -0.481 e. The Kier molecular flexibility index (Phi) is 4.10. The van der Waals surface area contributed by atoms with Gasteiger partial charge in [0.15, 0.2) is 0 Å². The summed E-state index contributed by atoms with van der Waals surface area (Å²) >= 11 is 1.74. The van der Waals surface area contributed by atoms with Crippen molar-refractivity contribution in [1.29, 1.82) is 0 Å². The average molecular weight is 260 g/mol. The number of pyridine rings is 1. The largest absolute Gasteiger partial charge is 0.481 e. The molecule has 2 aromatic rings. The number of methoxy groups -OCH3 is 1. The van der Waals surface area contributed by atoms with Gasteiger partial charge in [-0.1, -0.05) is 12.1 Å². The predicted molar refractivity (Wildman–Crippen MR) is 75.9 cm³/mol. The van der Waals surface area contributed by atoms with Crippen LogP contribution in [0.5, 0.6) is 5.88 Å². The number of aromatic nitrogens is 1. The number of hydrogen-bond donors (Lipinski definition) is 1. The Labute approximate surface area is 111 Å². The van der Waals surface area contributed by atoms with Gasteiger partial charge in [-0.2, -0.15) is 0 Å². The lowest BCUT2D eigenvalue weighted by atomic mass is 10.2. The number of rotatable bonds is 4. The van der Waals surface area contributed by atoms with Crippen LogP contribution in [0.4, 0.5) is 5.69 Å². The van der Waals surface area contributed by atoms with Crippen molar-refractivity contribution in [2.24, 2.45) is 0 Å². The van der Waals surface area contributed by atoms with Gasteiger partial charge in [-0.15, -0.1) is 11.8 Å². The van der Waals surface area contributed by atoms with Crippen LogP contribution >= 0.6 is 11.8 Å². The summed E-state index contributed by atoms with van der Waals surface area (Å²) in [4.78, 5) is 5.58. The molecule has 0 saturated carbocycles. The molecule has 0 aliphatic heterocycles. The maximum absolute atomic E-state index is 5.89. The van der Waals surface area contributed by atoms with Gasteiger partial charge in [0, 0.05) is 22.4 Å². The third kappa shape index (κ3) is 2.96. The molecule has 0 radical (unpaired) electrons. The van der Waals surface area contributed by atoms with Crippen LogP contribution in [0.3, 0.4) is 0 Å². The highest BCUT2D eigenvalue weighted by molar-refractivity contribution is 7.98. The topological polar surface area (TPSA) is 48.1 Å². The van der Waals surface area contributed by atoms with Crippen molar-refractivity contribution in [3.63, 3.8) is 0 Å². The molecule has 0 amide bonds. The van der Waals surface area contributed by atoms with Gasteiger partial charge in [0.2, 0.25) is 5.88 Å². The van der Waals surface area contributed by atoms with Gasteiger partial charge in [0.05, 0.1) is 12.8 Å². The third-order valence-corrected chi connectivity index (χ3v) is 3.89. The molecule has 2 N–H and O–H groups in total. The minimum absolute atomic E-state index is 0.650. The fraction of sp³-hybridized carbons (Fsp3) is 0.214. The van der Waals surface area contributed by atoms with Gasteiger partial charge in [-0.05, 0) is 30.7 Å². The van der Waals surface area contributed by atoms with E-state index in [9.17, 15) is 0 Å². The van der Waals surface area contributed by atoms with Crippen molar-refractivity contribution in [3.8, 4) is 5.88 Å². The van der Waals surface area contributed by atoms with E-state index in [1.807, 2.05) is 37.3 Å². The molecule has 0 saturated heterocycles. The summed E-state index contributed by atoms with van der Waals surface area (Å²) in [7, 11) is 1.63. The van der Waals surface area contributed by atoms with Crippen molar-refractivity contribution >= 4 is 17.4 Å². The second-order valence-electron chi connectivity index (χ2n) is 3.93. The molecule has 1 aromatic carbocycles. The maximum Gasteiger partial charge on any atom is 0.213 e. The zero-order valence-electron chi connectivity index (χ0n) is 10.5. The number of nitrogens with two attached hydrogens (primary N) is 1. The van der Waals surface area contributed by atoms with Gasteiger partial charge in [-0.25, -0.2) is 4.98 Å². The molecule has 2 rings (SSSR count). The highest BCUT2D eigenvalue weighted by atomic mass is 32.2. The van der Waals surface area contributed by atoms with Gasteiger partial charge < -0.3 is 10.5 Å². The normalized spacial score (nSPS) is 10.3. The number of anilines is 1. The van der Waals surface area contributed by atoms with E-state index >= 15 is 0 Å². The summed E-state index contributed by atoms with van der Waals surface area (Å²) in [6, 6.07) is 11.8. The van der Waals surface area contributed by atoms with Crippen LogP contribution in [0.2, 0.25) is 0 Å². The molecule has 0 atom stereocenters. The first-order chi connectivity index (χ1) is 8.70. The zero-order valence-corrected chi connectivity index (χ0v) is 11.3. The molecular weight excluding hydrogens is 244 g/mol. The average Bonchev–Trinajstić information content (AvgIpc) is 2.41. The third-order valence-electron chi connectivity index (χ3n) is 2.69. The first-order valence-electron chi connectivity index (χ1n) is 5.68. The molecule has 94 valence electrons. The quantitative estimate of drug-likeness (QED) is 0.677. The van der Waals surface area contributed by atoms with Crippen molar-refractivity contribution in [2.75, 3.05) is 12.8 Å². The molecule has 0 aliphatic carbocycles. The smallest absolute Gasteiger partial charge is 0.213 e. The van der Waals surface area contributed by atoms with Crippen LogP contribution in [0, 0.1) is 6.92 Å². The van der Waals surface area contributed by atoms with Crippen molar-refractivity contribution in [1.82, 2.24) is 4.98 Å². The Hall–Kier alpha value is -1.68. The summed E-state index contributed by atoms with van der Waals surface area (Å²) < 4.78 is 5.11. The fourth-order valence-electron chi connectivity index (χ4n) is 1.59. The second kappa shape index (κ2) is 5.78. The first-order valence-corrected chi connectivity index (χ1v) is 6.67. The number of nitrogen functional groups attached to an aromatic ring is 1. The van der Waals surface area contributed by atoms with Crippen LogP contribution < -0.4 is 10.5 Å². The van der Waals surface area contributed by atoms with E-state index in [-0.39, 0.29) is 0 Å². The Bertz CT molecular complexity index is 543. The number of ether oxygens (including phenoxy) is 1. The van der Waals surface area contributed by atoms with E-state index in [1.54, 1.807) is 18.9 Å². The molecule has 4 heteroatoms. The fourth-order valence-corrected chi connectivity index (χ4v) is 2.56. The molecule has 0 fully saturated rings. The van der Waals surface area contributed by atoms with Crippen LogP contribution in [-0.2, 0) is 5.75 Å². The lowest BCUT2D eigenvalue weighted by Crippen LogP contribution is -1.93. The summed E-state index contributed by atoms with van der Waals surface area (Å²) in [5, 5.41) is 0. The minimum atomic E-state index is 0.650. The number of nitrogens with zero attached hydrogens (tertiary/aromatic N) is 1. The van der Waals surface area contributed by atoms with Crippen LogP contribution in [0.1, 0.15) is 11.3 Å². The summed E-state index contributed by atoms with van der Waals surface area (Å²) in [6.45, 7) is 2.04. The van der Waals surface area contributed by atoms with E-state index in [0.717, 1.165) is 22.7 Å². The second-order valence-corrected chi connectivity index (χ2v) is 4.95. The van der Waals surface area contributed by atoms with E-state index < -0.39 is 0 Å². The molecule has 1 aromatic heterocycles. The Morgan fingerprint density at radius 2 is 2.00 bits per heavy atom. The van der Waals surface area contributed by atoms with Gasteiger partial charge in [0.25, 0.3) is 0 Å². The van der Waals surface area contributed by atoms with Crippen molar-refractivity contribution in [3.05, 3.63) is 47.7 Å². The highest BCUT2D eigenvalue weighted by Crippen LogP contribution is 2.28. The van der Waals surface area contributed by atoms with E-state index in [0.29, 0.717) is 5.88 Å². The van der Waals surface area contributed by atoms with Gasteiger partial charge in [0.1, 0.15) is 0 Å². The molecule has 0 bridgehead atoms. The summed E-state index contributed by atoms with van der Waals surface area (Å²) in [5.41, 5.74) is 8.85. The monoisotopic (exact) mass is 260 g/mol. The number of benzene rings is 1. The standard InChI is InChI=1S/C14H16N2OS/c1-10-12(15)6-4-7-13(10)18-9-11-5-3-8-14(16-11)17-2/h3-8H,9,15H2,1-2H3. The molecule has 3 nitrogen and oxygen atoms in total. The first kappa shape index (κ1) is 12.8. The summed E-state index contributed by atoms with van der Waals surface area (Å²) in [5.74, 6) is 1.46. The van der Waals surface area contributed by atoms with Crippen molar-refractivity contribution in [2.45, 2.75) is 17.6 Å². The maximum atomic E-state index is 5.89. The zero-order chi connectivity index (χ0) is 13.0. The Balaban J connectivity index is 2.09. The van der Waals surface area contributed by atoms with Crippen LogP contribution in [-0.4, -0.2) is 12.1 Å². The molecule has 0 spiro atoms. The number of thioether (sulfide) groups is 1. The lowest BCUT2D eigenvalue weighted by molar-refractivity contribution is 0.397. The predicted octanol–water partition coefficient (Wildman–Crippen LogP) is 3.27. The Morgan fingerprint density at radius 1 is 1.22 bits per heavy atom. The van der Waals surface area contributed by atoms with Crippen LogP contribution in [0.25, 0.3) is 0 Å². The molecule has 18 heavy (non-hydrogen) atoms. The molecule has 1 heterocycles. The van der Waals surface area contributed by atoms with E-state index in [2.05, 4.69) is 11.1 Å². The van der Waals surface area contributed by atoms with Gasteiger partial charge >= 0.3 is 0 Å². The highest BCUT2D eigenvalue weighted by Gasteiger charge is 2.04. The molecule has 0 unspecified atom stereocenters. The molecular formula is C14H16N2OS. The molecule has 0 aliphatic rings. The number of hydrogen-bond acceptors (Lipinski definition) is 4. The van der Waals surface area contributed by atoms with Crippen LogP contribution in [0.15, 0.2) is 41.3 Å². The Morgan fingerprint density at radius 3 is 2.78 bits per heavy atom. The van der Waals surface area contributed by atoms with Crippen molar-refractivity contribution < 1.29 is 4.74 Å².